The van der Waals surface area contributed by atoms with Gasteiger partial charge >= 0.3 is 12.0 Å². The Balaban J connectivity index is 2.21. The zero-order valence-electron chi connectivity index (χ0n) is 10.8. The van der Waals surface area contributed by atoms with E-state index < -0.39 is 18.0 Å². The zero-order valence-corrected chi connectivity index (χ0v) is 14.7. The normalized spacial score (nSPS) is 21.4. The van der Waals surface area contributed by atoms with Crippen LogP contribution in [0.3, 0.4) is 0 Å². The fourth-order valence-electron chi connectivity index (χ4n) is 1.94. The second kappa shape index (κ2) is 6.64. The van der Waals surface area contributed by atoms with Crippen molar-refractivity contribution in [2.45, 2.75) is 18.3 Å². The second-order valence-electron chi connectivity index (χ2n) is 4.35. The molecule has 2 unspecified atom stereocenters. The van der Waals surface area contributed by atoms with Crippen molar-refractivity contribution >= 4 is 68.6 Å². The lowest BCUT2D eigenvalue weighted by Gasteiger charge is -2.25. The van der Waals surface area contributed by atoms with E-state index in [0.29, 0.717) is 15.9 Å². The summed E-state index contributed by atoms with van der Waals surface area (Å²) < 4.78 is 0.612. The molecule has 2 amide bonds. The molecule has 0 radical (unpaired) electrons. The van der Waals surface area contributed by atoms with Crippen LogP contribution >= 0.6 is 50.9 Å². The highest BCUT2D eigenvalue weighted by atomic mass is 79.9. The van der Waals surface area contributed by atoms with Crippen molar-refractivity contribution < 1.29 is 14.7 Å². The van der Waals surface area contributed by atoms with Gasteiger partial charge in [0, 0.05) is 10.2 Å². The molecule has 9 heteroatoms. The van der Waals surface area contributed by atoms with Gasteiger partial charge in [0.15, 0.2) is 0 Å². The number of thioether (sulfide) groups is 1. The Morgan fingerprint density at radius 1 is 1.43 bits per heavy atom. The summed E-state index contributed by atoms with van der Waals surface area (Å²) in [5, 5.41) is 12.0. The van der Waals surface area contributed by atoms with E-state index in [4.69, 9.17) is 28.3 Å². The summed E-state index contributed by atoms with van der Waals surface area (Å²) in [4.78, 5) is 24.8. The second-order valence-corrected chi connectivity index (χ2v) is 7.31. The maximum absolute atomic E-state index is 12.3. The topological polar surface area (TPSA) is 69.6 Å². The molecule has 114 valence electrons. The van der Waals surface area contributed by atoms with Gasteiger partial charge < -0.3 is 10.4 Å². The lowest BCUT2D eigenvalue weighted by molar-refractivity contribution is -0.141. The van der Waals surface area contributed by atoms with E-state index >= 15 is 0 Å². The van der Waals surface area contributed by atoms with Gasteiger partial charge in [-0.15, -0.1) is 11.8 Å². The Hall–Kier alpha value is -0.630. The Morgan fingerprint density at radius 3 is 2.71 bits per heavy atom. The summed E-state index contributed by atoms with van der Waals surface area (Å²) in [6.45, 7) is 1.78. The molecule has 1 aromatic rings. The molecule has 1 aromatic carbocycles. The first-order valence-corrected chi connectivity index (χ1v) is 8.50. The molecule has 1 heterocycles. The molecule has 2 rings (SSSR count). The molecule has 0 saturated carbocycles. The van der Waals surface area contributed by atoms with Crippen LogP contribution in [0.25, 0.3) is 0 Å². The van der Waals surface area contributed by atoms with E-state index in [1.165, 1.54) is 16.7 Å². The molecule has 0 spiro atoms. The highest BCUT2D eigenvalue weighted by molar-refractivity contribution is 9.10. The number of carbonyl (C=O) groups excluding carboxylic acids is 1. The van der Waals surface area contributed by atoms with Crippen molar-refractivity contribution in [1.82, 2.24) is 4.90 Å². The Bertz CT molecular complexity index is 602. The summed E-state index contributed by atoms with van der Waals surface area (Å²) in [5.41, 5.74) is 0.336. The standard InChI is InChI=1S/C12H11BrCl2N2O3S/c1-5-17(8(4-21-5)11(18)19)12(20)16-7-3-2-6(13)9(14)10(7)15/h2-3,5,8H,4H2,1H3,(H,16,20)(H,18,19). The molecule has 1 aliphatic rings. The third-order valence-electron chi connectivity index (χ3n) is 3.02. The predicted molar refractivity (Wildman–Crippen MR) is 88.4 cm³/mol. The maximum Gasteiger partial charge on any atom is 0.327 e. The van der Waals surface area contributed by atoms with Gasteiger partial charge in [-0.1, -0.05) is 23.2 Å². The Kier molecular flexibility index (Phi) is 5.29. The van der Waals surface area contributed by atoms with Gasteiger partial charge in [-0.3, -0.25) is 4.90 Å². The van der Waals surface area contributed by atoms with Crippen LogP contribution in [0.2, 0.25) is 10.0 Å². The lowest BCUT2D eigenvalue weighted by atomic mass is 10.3. The number of urea groups is 1. The van der Waals surface area contributed by atoms with Crippen molar-refractivity contribution in [2.75, 3.05) is 11.1 Å². The minimum absolute atomic E-state index is 0.200. The quantitative estimate of drug-likeness (QED) is 0.715. The number of halogens is 3. The van der Waals surface area contributed by atoms with E-state index in [0.717, 1.165) is 0 Å². The molecule has 1 fully saturated rings. The summed E-state index contributed by atoms with van der Waals surface area (Å²) in [5.74, 6) is -0.666. The molecule has 5 nitrogen and oxygen atoms in total. The number of carbonyl (C=O) groups is 2. The SMILES string of the molecule is CC1SCC(C(=O)O)N1C(=O)Nc1ccc(Br)c(Cl)c1Cl. The third-order valence-corrected chi connectivity index (χ3v) is 6.01. The molecule has 1 saturated heterocycles. The molecule has 2 N–H and O–H groups in total. The molecule has 0 bridgehead atoms. The van der Waals surface area contributed by atoms with Gasteiger partial charge in [-0.05, 0) is 35.0 Å². The van der Waals surface area contributed by atoms with E-state index in [2.05, 4.69) is 21.2 Å². The van der Waals surface area contributed by atoms with Gasteiger partial charge in [0.2, 0.25) is 0 Å². The van der Waals surface area contributed by atoms with Crippen LogP contribution in [-0.4, -0.2) is 39.2 Å². The van der Waals surface area contributed by atoms with Gasteiger partial charge in [0.25, 0.3) is 0 Å². The fraction of sp³-hybridized carbons (Fsp3) is 0.333. The highest BCUT2D eigenvalue weighted by Crippen LogP contribution is 2.36. The summed E-state index contributed by atoms with van der Waals surface area (Å²) in [6.07, 6.45) is 0. The highest BCUT2D eigenvalue weighted by Gasteiger charge is 2.39. The number of amides is 2. The number of rotatable bonds is 2. The molecular weight excluding hydrogens is 403 g/mol. The van der Waals surface area contributed by atoms with Crippen molar-refractivity contribution in [3.8, 4) is 0 Å². The zero-order chi connectivity index (χ0) is 15.7. The van der Waals surface area contributed by atoms with Crippen molar-refractivity contribution in [2.24, 2.45) is 0 Å². The molecule has 0 aromatic heterocycles. The van der Waals surface area contributed by atoms with Crippen LogP contribution in [0.1, 0.15) is 6.92 Å². The first-order valence-electron chi connectivity index (χ1n) is 5.90. The molecule has 1 aliphatic heterocycles. The van der Waals surface area contributed by atoms with Crippen LogP contribution < -0.4 is 5.32 Å². The van der Waals surface area contributed by atoms with Gasteiger partial charge in [-0.2, -0.15) is 0 Å². The average Bonchev–Trinajstić information content (AvgIpc) is 2.81. The number of aliphatic carboxylic acids is 1. The molecular formula is C12H11BrCl2N2O3S. The summed E-state index contributed by atoms with van der Waals surface area (Å²) >= 11 is 16.7. The van der Waals surface area contributed by atoms with Crippen LogP contribution in [0.5, 0.6) is 0 Å². The van der Waals surface area contributed by atoms with Crippen LogP contribution in [0.4, 0.5) is 10.5 Å². The van der Waals surface area contributed by atoms with Gasteiger partial charge in [0.05, 0.1) is 21.1 Å². The number of anilines is 1. The Labute approximate surface area is 144 Å². The number of carboxylic acids is 1. The van der Waals surface area contributed by atoms with Crippen LogP contribution in [0.15, 0.2) is 16.6 Å². The molecule has 2 atom stereocenters. The van der Waals surface area contributed by atoms with Gasteiger partial charge in [0.1, 0.15) is 6.04 Å². The van der Waals surface area contributed by atoms with E-state index in [9.17, 15) is 9.59 Å². The summed E-state index contributed by atoms with van der Waals surface area (Å²) in [6, 6.07) is 1.88. The third kappa shape index (κ3) is 3.41. The number of hydrogen-bond acceptors (Lipinski definition) is 3. The average molecular weight is 414 g/mol. The minimum atomic E-state index is -1.03. The largest absolute Gasteiger partial charge is 0.480 e. The van der Waals surface area contributed by atoms with E-state index in [-0.39, 0.29) is 15.4 Å². The minimum Gasteiger partial charge on any atom is -0.480 e. The van der Waals surface area contributed by atoms with E-state index in [1.54, 1.807) is 19.1 Å². The Morgan fingerprint density at radius 2 is 2.10 bits per heavy atom. The number of benzene rings is 1. The first kappa shape index (κ1) is 16.7. The van der Waals surface area contributed by atoms with Crippen LogP contribution in [-0.2, 0) is 4.79 Å². The number of hydrogen-bond donors (Lipinski definition) is 2. The van der Waals surface area contributed by atoms with Crippen molar-refractivity contribution in [3.05, 3.63) is 26.7 Å². The number of carboxylic acid groups (broad SMARTS) is 1. The maximum atomic E-state index is 12.3. The van der Waals surface area contributed by atoms with Crippen LogP contribution in [0, 0.1) is 0 Å². The molecule has 0 aliphatic carbocycles. The van der Waals surface area contributed by atoms with Crippen molar-refractivity contribution in [3.63, 3.8) is 0 Å². The molecule has 21 heavy (non-hydrogen) atoms. The predicted octanol–water partition coefficient (Wildman–Crippen LogP) is 4.14. The van der Waals surface area contributed by atoms with Gasteiger partial charge in [-0.25, -0.2) is 9.59 Å². The number of nitrogens with one attached hydrogen (secondary N) is 1. The lowest BCUT2D eigenvalue weighted by Crippen LogP contribution is -2.46. The smallest absolute Gasteiger partial charge is 0.327 e. The van der Waals surface area contributed by atoms with E-state index in [1.807, 2.05) is 0 Å². The summed E-state index contributed by atoms with van der Waals surface area (Å²) in [7, 11) is 0. The monoisotopic (exact) mass is 412 g/mol. The number of nitrogens with zero attached hydrogens (tertiary/aromatic N) is 1. The first-order chi connectivity index (χ1) is 9.82. The fourth-order valence-corrected chi connectivity index (χ4v) is 3.93. The van der Waals surface area contributed by atoms with Crippen molar-refractivity contribution in [1.29, 1.82) is 0 Å².